The monoisotopic (exact) mass is 328 g/mol. The lowest BCUT2D eigenvalue weighted by Gasteiger charge is -2.30. The van der Waals surface area contributed by atoms with Crippen LogP contribution >= 0.6 is 0 Å². The summed E-state index contributed by atoms with van der Waals surface area (Å²) in [5.41, 5.74) is 2.35. The van der Waals surface area contributed by atoms with Gasteiger partial charge in [-0.2, -0.15) is 5.10 Å². The molecule has 0 aliphatic heterocycles. The van der Waals surface area contributed by atoms with Crippen molar-refractivity contribution >= 4 is 5.91 Å². The van der Waals surface area contributed by atoms with Crippen molar-refractivity contribution in [3.05, 3.63) is 53.9 Å². The number of amides is 1. The topological polar surface area (TPSA) is 50.2 Å². The zero-order valence-electron chi connectivity index (χ0n) is 14.9. The quantitative estimate of drug-likeness (QED) is 0.770. The van der Waals surface area contributed by atoms with Crippen LogP contribution in [-0.4, -0.2) is 40.2 Å². The molecule has 130 valence electrons. The zero-order chi connectivity index (χ0) is 17.4. The van der Waals surface area contributed by atoms with Crippen molar-refractivity contribution in [3.8, 4) is 0 Å². The summed E-state index contributed by atoms with van der Waals surface area (Å²) in [6, 6.07) is 10.6. The average Bonchev–Trinajstić information content (AvgIpc) is 3.03. The lowest BCUT2D eigenvalue weighted by atomic mass is 10.1. The number of hydrogen-bond donors (Lipinski definition) is 1. The molecule has 5 nitrogen and oxygen atoms in total. The van der Waals surface area contributed by atoms with E-state index in [1.54, 1.807) is 0 Å². The maximum Gasteiger partial charge on any atom is 0.221 e. The molecule has 1 unspecified atom stereocenters. The smallest absolute Gasteiger partial charge is 0.221 e. The lowest BCUT2D eigenvalue weighted by molar-refractivity contribution is -0.121. The van der Waals surface area contributed by atoms with E-state index in [1.165, 1.54) is 5.56 Å². The number of carbonyl (C=O) groups excluding carboxylic acids is 1. The van der Waals surface area contributed by atoms with Crippen LogP contribution in [0.15, 0.2) is 42.7 Å². The molecule has 1 N–H and O–H groups in total. The third kappa shape index (κ3) is 5.20. The molecule has 24 heavy (non-hydrogen) atoms. The van der Waals surface area contributed by atoms with Crippen LogP contribution in [-0.2, 0) is 11.3 Å². The lowest BCUT2D eigenvalue weighted by Crippen LogP contribution is -2.38. The van der Waals surface area contributed by atoms with Crippen LogP contribution in [0, 0.1) is 6.92 Å². The highest BCUT2D eigenvalue weighted by Gasteiger charge is 2.18. The molecule has 0 radical (unpaired) electrons. The molecule has 0 saturated heterocycles. The molecule has 2 aromatic rings. The van der Waals surface area contributed by atoms with Gasteiger partial charge in [-0.05, 0) is 31.1 Å². The second kappa shape index (κ2) is 9.23. The van der Waals surface area contributed by atoms with Crippen molar-refractivity contribution in [1.82, 2.24) is 20.0 Å². The van der Waals surface area contributed by atoms with E-state index in [2.05, 4.69) is 41.3 Å². The van der Waals surface area contributed by atoms with E-state index in [9.17, 15) is 4.79 Å². The van der Waals surface area contributed by atoms with Gasteiger partial charge < -0.3 is 5.32 Å². The summed E-state index contributed by atoms with van der Waals surface area (Å²) in [5.74, 6) is 0.0660. The molecular weight excluding hydrogens is 300 g/mol. The zero-order valence-corrected chi connectivity index (χ0v) is 14.9. The second-order valence-electron chi connectivity index (χ2n) is 5.98. The predicted molar refractivity (Wildman–Crippen MR) is 96.7 cm³/mol. The van der Waals surface area contributed by atoms with Crippen LogP contribution in [0.3, 0.4) is 0 Å². The first kappa shape index (κ1) is 18.2. The maximum atomic E-state index is 12.2. The van der Waals surface area contributed by atoms with E-state index in [1.807, 2.05) is 42.2 Å². The van der Waals surface area contributed by atoms with Crippen LogP contribution in [0.25, 0.3) is 0 Å². The van der Waals surface area contributed by atoms with E-state index in [0.717, 1.165) is 18.7 Å². The molecule has 0 fully saturated rings. The summed E-state index contributed by atoms with van der Waals surface area (Å²) in [6.45, 7) is 9.46. The SMILES string of the molecule is CCN(CC)C(CNC(=O)CCn1cc(C)cn1)c1ccccc1. The van der Waals surface area contributed by atoms with E-state index in [-0.39, 0.29) is 11.9 Å². The number of carbonyl (C=O) groups is 1. The molecule has 0 spiro atoms. The Morgan fingerprint density at radius 2 is 1.96 bits per heavy atom. The van der Waals surface area contributed by atoms with Gasteiger partial charge in [0.25, 0.3) is 0 Å². The highest BCUT2D eigenvalue weighted by atomic mass is 16.1. The summed E-state index contributed by atoms with van der Waals surface area (Å²) in [4.78, 5) is 14.6. The summed E-state index contributed by atoms with van der Waals surface area (Å²) in [6.07, 6.45) is 4.21. The molecule has 1 aromatic carbocycles. The van der Waals surface area contributed by atoms with E-state index in [4.69, 9.17) is 0 Å². The van der Waals surface area contributed by atoms with E-state index >= 15 is 0 Å². The Labute approximate surface area is 144 Å². The van der Waals surface area contributed by atoms with Gasteiger partial charge in [-0.25, -0.2) is 0 Å². The minimum atomic E-state index is 0.0660. The van der Waals surface area contributed by atoms with Gasteiger partial charge in [0.05, 0.1) is 12.2 Å². The van der Waals surface area contributed by atoms with Crippen molar-refractivity contribution in [2.24, 2.45) is 0 Å². The number of hydrogen-bond acceptors (Lipinski definition) is 3. The molecule has 5 heteroatoms. The van der Waals surface area contributed by atoms with Crippen molar-refractivity contribution in [3.63, 3.8) is 0 Å². The molecule has 0 aliphatic rings. The summed E-state index contributed by atoms with van der Waals surface area (Å²) < 4.78 is 1.81. The number of nitrogens with zero attached hydrogens (tertiary/aromatic N) is 3. The normalized spacial score (nSPS) is 12.3. The van der Waals surface area contributed by atoms with Crippen molar-refractivity contribution < 1.29 is 4.79 Å². The predicted octanol–water partition coefficient (Wildman–Crippen LogP) is 2.78. The number of aromatic nitrogens is 2. The maximum absolute atomic E-state index is 12.2. The number of aryl methyl sites for hydroxylation is 2. The Kier molecular flexibility index (Phi) is 7.00. The molecule has 1 amide bonds. The highest BCUT2D eigenvalue weighted by molar-refractivity contribution is 5.75. The Morgan fingerprint density at radius 3 is 2.54 bits per heavy atom. The first-order valence-electron chi connectivity index (χ1n) is 8.68. The summed E-state index contributed by atoms with van der Waals surface area (Å²) in [7, 11) is 0. The highest BCUT2D eigenvalue weighted by Crippen LogP contribution is 2.19. The fourth-order valence-electron chi connectivity index (χ4n) is 2.90. The summed E-state index contributed by atoms with van der Waals surface area (Å²) >= 11 is 0. The number of benzene rings is 1. The minimum Gasteiger partial charge on any atom is -0.354 e. The van der Waals surface area contributed by atoms with Gasteiger partial charge in [0.15, 0.2) is 0 Å². The molecular formula is C19H28N4O. The Bertz CT molecular complexity index is 619. The van der Waals surface area contributed by atoms with Crippen molar-refractivity contribution in [2.45, 2.75) is 39.8 Å². The second-order valence-corrected chi connectivity index (χ2v) is 5.98. The van der Waals surface area contributed by atoms with E-state index < -0.39 is 0 Å². The Balaban J connectivity index is 1.90. The fourth-order valence-corrected chi connectivity index (χ4v) is 2.90. The van der Waals surface area contributed by atoms with Crippen LogP contribution in [0.5, 0.6) is 0 Å². The van der Waals surface area contributed by atoms with Crippen LogP contribution in [0.4, 0.5) is 0 Å². The standard InChI is InChI=1S/C19H28N4O/c1-4-22(5-2)18(17-9-7-6-8-10-17)14-20-19(24)11-12-23-15-16(3)13-21-23/h6-10,13,15,18H,4-5,11-12,14H2,1-3H3,(H,20,24). The molecule has 0 saturated carbocycles. The van der Waals surface area contributed by atoms with Crippen molar-refractivity contribution in [1.29, 1.82) is 0 Å². The van der Waals surface area contributed by atoms with Crippen LogP contribution in [0.2, 0.25) is 0 Å². The van der Waals surface area contributed by atoms with E-state index in [0.29, 0.717) is 19.5 Å². The van der Waals surface area contributed by atoms with Gasteiger partial charge in [0, 0.05) is 25.7 Å². The third-order valence-corrected chi connectivity index (χ3v) is 4.26. The van der Waals surface area contributed by atoms with Crippen LogP contribution < -0.4 is 5.32 Å². The van der Waals surface area contributed by atoms with Gasteiger partial charge >= 0.3 is 0 Å². The fraction of sp³-hybridized carbons (Fsp3) is 0.474. The van der Waals surface area contributed by atoms with Gasteiger partial charge in [-0.15, -0.1) is 0 Å². The molecule has 1 atom stereocenters. The molecule has 0 aliphatic carbocycles. The number of likely N-dealkylation sites (N-methyl/N-ethyl adjacent to an activating group) is 1. The van der Waals surface area contributed by atoms with Gasteiger partial charge in [0.1, 0.15) is 0 Å². The third-order valence-electron chi connectivity index (χ3n) is 4.26. The minimum absolute atomic E-state index is 0.0660. The summed E-state index contributed by atoms with van der Waals surface area (Å²) in [5, 5.41) is 7.30. The first-order chi connectivity index (χ1) is 11.6. The molecule has 0 bridgehead atoms. The molecule has 1 aromatic heterocycles. The molecule has 1 heterocycles. The molecule has 2 rings (SSSR count). The van der Waals surface area contributed by atoms with Gasteiger partial charge in [-0.1, -0.05) is 44.2 Å². The number of rotatable bonds is 9. The van der Waals surface area contributed by atoms with Crippen molar-refractivity contribution in [2.75, 3.05) is 19.6 Å². The average molecular weight is 328 g/mol. The largest absolute Gasteiger partial charge is 0.354 e. The van der Waals surface area contributed by atoms with Gasteiger partial charge in [0.2, 0.25) is 5.91 Å². The van der Waals surface area contributed by atoms with Crippen LogP contribution in [0.1, 0.15) is 37.4 Å². The number of nitrogens with one attached hydrogen (secondary N) is 1. The Hall–Kier alpha value is -2.14. The van der Waals surface area contributed by atoms with Gasteiger partial charge in [-0.3, -0.25) is 14.4 Å². The first-order valence-corrected chi connectivity index (χ1v) is 8.68. The Morgan fingerprint density at radius 1 is 1.25 bits per heavy atom.